The van der Waals surface area contributed by atoms with Crippen molar-refractivity contribution in [3.8, 4) is 0 Å². The minimum atomic E-state index is -4.82. The standard InChI is InChI=1S/C21H14BrF3N2O5S/c22-13-8-9-18(16(11-13)21(23,24)25)27-33(31,32)14-5-3-4-12(10-14)19(28)26-17-7-2-1-6-15(17)20(29)30/h1-11,27H,(H,26,28)(H,29,30). The summed E-state index contributed by atoms with van der Waals surface area (Å²) in [6, 6.07) is 13.1. The molecule has 0 radical (unpaired) electrons. The summed E-state index contributed by atoms with van der Waals surface area (Å²) in [5, 5.41) is 11.6. The van der Waals surface area contributed by atoms with Gasteiger partial charge in [0.2, 0.25) is 0 Å². The van der Waals surface area contributed by atoms with Gasteiger partial charge in [0.15, 0.2) is 0 Å². The lowest BCUT2D eigenvalue weighted by Crippen LogP contribution is -2.19. The number of hydrogen-bond acceptors (Lipinski definition) is 4. The van der Waals surface area contributed by atoms with Gasteiger partial charge in [0.05, 0.1) is 27.4 Å². The Labute approximate surface area is 194 Å². The van der Waals surface area contributed by atoms with E-state index >= 15 is 0 Å². The van der Waals surface area contributed by atoms with Crippen molar-refractivity contribution in [3.05, 3.63) is 87.9 Å². The molecule has 0 saturated carbocycles. The number of carboxylic acids is 1. The van der Waals surface area contributed by atoms with E-state index in [-0.39, 0.29) is 21.3 Å². The van der Waals surface area contributed by atoms with Crippen LogP contribution in [0.1, 0.15) is 26.3 Å². The molecule has 0 aromatic heterocycles. The fourth-order valence-electron chi connectivity index (χ4n) is 2.82. The molecule has 172 valence electrons. The second-order valence-electron chi connectivity index (χ2n) is 6.63. The van der Waals surface area contributed by atoms with Crippen LogP contribution < -0.4 is 10.0 Å². The Morgan fingerprint density at radius 2 is 1.61 bits per heavy atom. The first kappa shape index (κ1) is 24.3. The molecule has 0 heterocycles. The second-order valence-corrected chi connectivity index (χ2v) is 9.22. The number of carboxylic acid groups (broad SMARTS) is 1. The molecule has 0 aliphatic carbocycles. The van der Waals surface area contributed by atoms with Gasteiger partial charge in [-0.1, -0.05) is 34.1 Å². The lowest BCUT2D eigenvalue weighted by atomic mass is 10.1. The van der Waals surface area contributed by atoms with Crippen molar-refractivity contribution in [2.75, 3.05) is 10.0 Å². The molecule has 0 fully saturated rings. The Morgan fingerprint density at radius 3 is 2.27 bits per heavy atom. The molecule has 3 rings (SSSR count). The number of amides is 1. The summed E-state index contributed by atoms with van der Waals surface area (Å²) in [6.45, 7) is 0. The number of sulfonamides is 1. The highest BCUT2D eigenvalue weighted by molar-refractivity contribution is 9.10. The Balaban J connectivity index is 1.91. The van der Waals surface area contributed by atoms with Gasteiger partial charge < -0.3 is 10.4 Å². The molecular formula is C21H14BrF3N2O5S. The van der Waals surface area contributed by atoms with Gasteiger partial charge in [-0.25, -0.2) is 13.2 Å². The Kier molecular flexibility index (Phi) is 6.79. The first-order chi connectivity index (χ1) is 15.4. The van der Waals surface area contributed by atoms with Crippen LogP contribution in [0.3, 0.4) is 0 Å². The van der Waals surface area contributed by atoms with Gasteiger partial charge in [0, 0.05) is 10.0 Å². The zero-order valence-corrected chi connectivity index (χ0v) is 18.8. The van der Waals surface area contributed by atoms with Crippen molar-refractivity contribution < 1.29 is 36.3 Å². The number of anilines is 2. The van der Waals surface area contributed by atoms with Crippen LogP contribution in [0.2, 0.25) is 0 Å². The molecule has 33 heavy (non-hydrogen) atoms. The molecule has 0 saturated heterocycles. The summed E-state index contributed by atoms with van der Waals surface area (Å²) < 4.78 is 67.5. The average molecular weight is 543 g/mol. The topological polar surface area (TPSA) is 113 Å². The van der Waals surface area contributed by atoms with E-state index in [0.29, 0.717) is 0 Å². The number of alkyl halides is 3. The monoisotopic (exact) mass is 542 g/mol. The van der Waals surface area contributed by atoms with E-state index in [9.17, 15) is 36.3 Å². The fraction of sp³-hybridized carbons (Fsp3) is 0.0476. The fourth-order valence-corrected chi connectivity index (χ4v) is 4.31. The second kappa shape index (κ2) is 9.24. The van der Waals surface area contributed by atoms with Crippen LogP contribution in [0.15, 0.2) is 76.1 Å². The van der Waals surface area contributed by atoms with Crippen LogP contribution in [0, 0.1) is 0 Å². The maximum absolute atomic E-state index is 13.3. The van der Waals surface area contributed by atoms with Crippen molar-refractivity contribution in [1.29, 1.82) is 0 Å². The van der Waals surface area contributed by atoms with Gasteiger partial charge in [-0.15, -0.1) is 0 Å². The van der Waals surface area contributed by atoms with E-state index in [4.69, 9.17) is 0 Å². The summed E-state index contributed by atoms with van der Waals surface area (Å²) >= 11 is 2.92. The maximum atomic E-state index is 13.3. The van der Waals surface area contributed by atoms with E-state index in [2.05, 4.69) is 21.2 Å². The number of carbonyl (C=O) groups is 2. The SMILES string of the molecule is O=C(Nc1ccccc1C(=O)O)c1cccc(S(=O)(=O)Nc2ccc(Br)cc2C(F)(F)F)c1. The molecule has 0 aliphatic rings. The number of aromatic carboxylic acids is 1. The van der Waals surface area contributed by atoms with Gasteiger partial charge in [-0.3, -0.25) is 9.52 Å². The average Bonchev–Trinajstić information content (AvgIpc) is 2.74. The molecule has 3 aromatic rings. The number of carbonyl (C=O) groups excluding carboxylic acids is 1. The van der Waals surface area contributed by atoms with E-state index in [0.717, 1.165) is 24.3 Å². The third-order valence-electron chi connectivity index (χ3n) is 4.34. The molecule has 7 nitrogen and oxygen atoms in total. The van der Waals surface area contributed by atoms with Crippen molar-refractivity contribution in [3.63, 3.8) is 0 Å². The van der Waals surface area contributed by atoms with Gasteiger partial charge >= 0.3 is 12.1 Å². The molecule has 1 amide bonds. The highest BCUT2D eigenvalue weighted by Crippen LogP contribution is 2.37. The highest BCUT2D eigenvalue weighted by atomic mass is 79.9. The number of halogens is 4. The van der Waals surface area contributed by atoms with Crippen LogP contribution in [0.25, 0.3) is 0 Å². The van der Waals surface area contributed by atoms with Crippen LogP contribution >= 0.6 is 15.9 Å². The van der Waals surface area contributed by atoms with Crippen LogP contribution in [0.4, 0.5) is 24.5 Å². The zero-order chi connectivity index (χ0) is 24.4. The highest BCUT2D eigenvalue weighted by Gasteiger charge is 2.35. The molecule has 3 N–H and O–H groups in total. The van der Waals surface area contributed by atoms with Crippen molar-refractivity contribution in [1.82, 2.24) is 0 Å². The summed E-state index contributed by atoms with van der Waals surface area (Å²) in [7, 11) is -4.50. The first-order valence-corrected chi connectivity index (χ1v) is 11.3. The third-order valence-corrected chi connectivity index (χ3v) is 6.20. The summed E-state index contributed by atoms with van der Waals surface area (Å²) in [6.07, 6.45) is -4.82. The van der Waals surface area contributed by atoms with Crippen LogP contribution in [-0.4, -0.2) is 25.4 Å². The molecule has 0 atom stereocenters. The van der Waals surface area contributed by atoms with Gasteiger partial charge in [-0.05, 0) is 48.5 Å². The zero-order valence-electron chi connectivity index (χ0n) is 16.4. The lowest BCUT2D eigenvalue weighted by Gasteiger charge is -2.15. The maximum Gasteiger partial charge on any atom is 0.418 e. The van der Waals surface area contributed by atoms with Crippen molar-refractivity contribution >= 4 is 49.2 Å². The quantitative estimate of drug-likeness (QED) is 0.395. The molecule has 0 spiro atoms. The molecule has 0 aliphatic heterocycles. The number of para-hydroxylation sites is 1. The van der Waals surface area contributed by atoms with Crippen LogP contribution in [-0.2, 0) is 16.2 Å². The Bertz CT molecular complexity index is 1340. The van der Waals surface area contributed by atoms with E-state index in [1.165, 1.54) is 42.5 Å². The molecule has 3 aromatic carbocycles. The summed E-state index contributed by atoms with van der Waals surface area (Å²) in [5.74, 6) is -2.08. The van der Waals surface area contributed by atoms with Crippen molar-refractivity contribution in [2.24, 2.45) is 0 Å². The minimum absolute atomic E-state index is 0.00827. The van der Waals surface area contributed by atoms with Gasteiger partial charge in [-0.2, -0.15) is 13.2 Å². The summed E-state index contributed by atoms with van der Waals surface area (Å²) in [4.78, 5) is 23.4. The number of benzene rings is 3. The lowest BCUT2D eigenvalue weighted by molar-refractivity contribution is -0.136. The first-order valence-electron chi connectivity index (χ1n) is 9.02. The molecule has 12 heteroatoms. The predicted octanol–water partition coefficient (Wildman–Crippen LogP) is 5.22. The summed E-state index contributed by atoms with van der Waals surface area (Å²) in [5.41, 5.74) is -2.21. The molecular weight excluding hydrogens is 529 g/mol. The van der Waals surface area contributed by atoms with Crippen molar-refractivity contribution in [2.45, 2.75) is 11.1 Å². The number of rotatable bonds is 6. The number of nitrogens with one attached hydrogen (secondary N) is 2. The third kappa shape index (κ3) is 5.71. The van der Waals surface area contributed by atoms with E-state index in [1.54, 1.807) is 0 Å². The molecule has 0 unspecified atom stereocenters. The number of hydrogen-bond donors (Lipinski definition) is 3. The van der Waals surface area contributed by atoms with Gasteiger partial charge in [0.1, 0.15) is 0 Å². The Morgan fingerprint density at radius 1 is 0.909 bits per heavy atom. The normalized spacial score (nSPS) is 11.6. The van der Waals surface area contributed by atoms with Crippen LogP contribution in [0.5, 0.6) is 0 Å². The Hall–Kier alpha value is -3.38. The predicted molar refractivity (Wildman–Crippen MR) is 118 cm³/mol. The molecule has 0 bridgehead atoms. The largest absolute Gasteiger partial charge is 0.478 e. The smallest absolute Gasteiger partial charge is 0.418 e. The van der Waals surface area contributed by atoms with E-state index in [1.807, 2.05) is 4.72 Å². The van der Waals surface area contributed by atoms with Gasteiger partial charge in [0.25, 0.3) is 15.9 Å². The van der Waals surface area contributed by atoms with E-state index < -0.39 is 44.2 Å². The minimum Gasteiger partial charge on any atom is -0.478 e.